The molecule has 0 saturated heterocycles. The van der Waals surface area contributed by atoms with Crippen LogP contribution < -0.4 is 5.73 Å². The molecule has 0 fully saturated rings. The van der Waals surface area contributed by atoms with E-state index in [1.54, 1.807) is 19.1 Å². The fourth-order valence-electron chi connectivity index (χ4n) is 1.46. The number of para-hydroxylation sites is 1. The van der Waals surface area contributed by atoms with E-state index in [9.17, 15) is 4.39 Å². The lowest BCUT2D eigenvalue weighted by atomic mass is 10.2. The summed E-state index contributed by atoms with van der Waals surface area (Å²) in [6.07, 6.45) is 0. The van der Waals surface area contributed by atoms with E-state index in [1.165, 1.54) is 6.07 Å². The lowest BCUT2D eigenvalue weighted by Crippen LogP contribution is -2.04. The van der Waals surface area contributed by atoms with Crippen LogP contribution in [-0.2, 0) is 6.54 Å². The Morgan fingerprint density at radius 1 is 1.36 bits per heavy atom. The second-order valence-corrected chi connectivity index (χ2v) is 3.06. The number of rotatable bonds is 1. The molecule has 0 amide bonds. The molecule has 0 aliphatic heterocycles. The fraction of sp³-hybridized carbons (Fsp3) is 0.200. The minimum absolute atomic E-state index is 0.295. The predicted octanol–water partition coefficient (Wildman–Crippen LogP) is 1.54. The van der Waals surface area contributed by atoms with Crippen molar-refractivity contribution in [2.24, 2.45) is 5.73 Å². The Labute approximate surface area is 80.8 Å². The minimum Gasteiger partial charge on any atom is -0.325 e. The summed E-state index contributed by atoms with van der Waals surface area (Å²) in [6.45, 7) is 2.02. The van der Waals surface area contributed by atoms with Crippen LogP contribution in [0.4, 0.5) is 4.39 Å². The maximum absolute atomic E-state index is 13.4. The van der Waals surface area contributed by atoms with Crippen LogP contribution in [0, 0.1) is 12.7 Å². The Morgan fingerprint density at radius 2 is 2.14 bits per heavy atom. The van der Waals surface area contributed by atoms with E-state index in [2.05, 4.69) is 9.97 Å². The molecular weight excluding hydrogens is 181 g/mol. The summed E-state index contributed by atoms with van der Waals surface area (Å²) in [5.41, 5.74) is 6.56. The molecule has 0 atom stereocenters. The van der Waals surface area contributed by atoms with Gasteiger partial charge in [-0.25, -0.2) is 14.4 Å². The van der Waals surface area contributed by atoms with E-state index in [0.29, 0.717) is 29.0 Å². The third kappa shape index (κ3) is 1.33. The molecule has 0 saturated carbocycles. The van der Waals surface area contributed by atoms with Crippen molar-refractivity contribution in [2.75, 3.05) is 0 Å². The van der Waals surface area contributed by atoms with Crippen LogP contribution in [0.2, 0.25) is 0 Å². The van der Waals surface area contributed by atoms with Crippen LogP contribution in [0.3, 0.4) is 0 Å². The molecule has 4 heteroatoms. The van der Waals surface area contributed by atoms with Gasteiger partial charge in [-0.15, -0.1) is 0 Å². The van der Waals surface area contributed by atoms with Gasteiger partial charge in [0.15, 0.2) is 0 Å². The number of aromatic nitrogens is 2. The first-order chi connectivity index (χ1) is 6.72. The summed E-state index contributed by atoms with van der Waals surface area (Å²) < 4.78 is 13.4. The van der Waals surface area contributed by atoms with E-state index < -0.39 is 0 Å². The zero-order valence-electron chi connectivity index (χ0n) is 7.79. The van der Waals surface area contributed by atoms with Gasteiger partial charge in [0.25, 0.3) is 0 Å². The third-order valence-corrected chi connectivity index (χ3v) is 2.06. The largest absolute Gasteiger partial charge is 0.325 e. The van der Waals surface area contributed by atoms with Crippen molar-refractivity contribution in [3.63, 3.8) is 0 Å². The van der Waals surface area contributed by atoms with Crippen LogP contribution in [0.15, 0.2) is 18.2 Å². The first-order valence-corrected chi connectivity index (χ1v) is 4.34. The summed E-state index contributed by atoms with van der Waals surface area (Å²) >= 11 is 0. The smallest absolute Gasteiger partial charge is 0.149 e. The van der Waals surface area contributed by atoms with Crippen molar-refractivity contribution in [2.45, 2.75) is 13.5 Å². The monoisotopic (exact) mass is 191 g/mol. The Morgan fingerprint density at radius 3 is 2.86 bits per heavy atom. The average molecular weight is 191 g/mol. The normalized spacial score (nSPS) is 10.8. The summed E-state index contributed by atoms with van der Waals surface area (Å²) in [4.78, 5) is 8.20. The molecule has 1 aromatic heterocycles. The number of fused-ring (bicyclic) bond motifs is 1. The van der Waals surface area contributed by atoms with Gasteiger partial charge in [-0.05, 0) is 13.0 Å². The Hall–Kier alpha value is -1.55. The zero-order chi connectivity index (χ0) is 10.1. The van der Waals surface area contributed by atoms with Crippen LogP contribution in [0.1, 0.15) is 11.5 Å². The Kier molecular flexibility index (Phi) is 2.13. The molecule has 0 aliphatic rings. The lowest BCUT2D eigenvalue weighted by molar-refractivity contribution is 0.635. The van der Waals surface area contributed by atoms with Gasteiger partial charge < -0.3 is 5.73 Å². The highest BCUT2D eigenvalue weighted by atomic mass is 19.1. The van der Waals surface area contributed by atoms with Crippen molar-refractivity contribution in [3.8, 4) is 0 Å². The van der Waals surface area contributed by atoms with E-state index >= 15 is 0 Å². The summed E-state index contributed by atoms with van der Waals surface area (Å²) in [5, 5.41) is 0.693. The molecule has 3 nitrogen and oxygen atoms in total. The number of hydrogen-bond acceptors (Lipinski definition) is 3. The van der Waals surface area contributed by atoms with Crippen LogP contribution in [0.5, 0.6) is 0 Å². The highest BCUT2D eigenvalue weighted by molar-refractivity contribution is 5.81. The van der Waals surface area contributed by atoms with Gasteiger partial charge in [0.1, 0.15) is 17.2 Å². The second-order valence-electron chi connectivity index (χ2n) is 3.06. The molecule has 1 heterocycles. The van der Waals surface area contributed by atoms with Gasteiger partial charge >= 0.3 is 0 Å². The Bertz CT molecular complexity index is 482. The number of aryl methyl sites for hydroxylation is 1. The number of nitrogens with two attached hydrogens (primary N) is 1. The molecule has 14 heavy (non-hydrogen) atoms. The quantitative estimate of drug-likeness (QED) is 0.743. The van der Waals surface area contributed by atoms with E-state index in [4.69, 9.17) is 5.73 Å². The van der Waals surface area contributed by atoms with Crippen LogP contribution >= 0.6 is 0 Å². The summed E-state index contributed by atoms with van der Waals surface area (Å²) in [5.74, 6) is 0.214. The van der Waals surface area contributed by atoms with Crippen molar-refractivity contribution >= 4 is 10.9 Å². The second kappa shape index (κ2) is 3.31. The Balaban J connectivity index is 2.87. The third-order valence-electron chi connectivity index (χ3n) is 2.06. The maximum atomic E-state index is 13.4. The van der Waals surface area contributed by atoms with Gasteiger partial charge in [-0.2, -0.15) is 0 Å². The molecule has 0 bridgehead atoms. The molecule has 2 rings (SSSR count). The lowest BCUT2D eigenvalue weighted by Gasteiger charge is -2.04. The highest BCUT2D eigenvalue weighted by Gasteiger charge is 2.07. The predicted molar refractivity (Wildman–Crippen MR) is 52.1 cm³/mol. The molecule has 72 valence electrons. The number of nitrogens with zero attached hydrogens (tertiary/aromatic N) is 2. The first-order valence-electron chi connectivity index (χ1n) is 4.34. The van der Waals surface area contributed by atoms with Gasteiger partial charge in [0.2, 0.25) is 0 Å². The molecule has 0 radical (unpaired) electrons. The molecule has 1 aromatic carbocycles. The van der Waals surface area contributed by atoms with Crippen molar-refractivity contribution in [1.82, 2.24) is 9.97 Å². The fourth-order valence-corrected chi connectivity index (χ4v) is 1.46. The van der Waals surface area contributed by atoms with Gasteiger partial charge in [0, 0.05) is 11.9 Å². The maximum Gasteiger partial charge on any atom is 0.149 e. The first kappa shape index (κ1) is 9.02. The minimum atomic E-state index is -0.331. The highest BCUT2D eigenvalue weighted by Crippen LogP contribution is 2.18. The standard InChI is InChI=1S/C10H10FN3/c1-6-13-9(5-12)7-3-2-4-8(11)10(7)14-6/h2-4H,5,12H2,1H3. The van der Waals surface area contributed by atoms with E-state index in [-0.39, 0.29) is 5.82 Å². The number of halogens is 1. The molecule has 2 aromatic rings. The van der Waals surface area contributed by atoms with Gasteiger partial charge in [0.05, 0.1) is 5.69 Å². The number of benzene rings is 1. The molecular formula is C10H10FN3. The zero-order valence-corrected chi connectivity index (χ0v) is 7.79. The molecule has 0 spiro atoms. The summed E-state index contributed by atoms with van der Waals surface area (Å²) in [6, 6.07) is 4.80. The van der Waals surface area contributed by atoms with Crippen molar-refractivity contribution < 1.29 is 4.39 Å². The molecule has 0 unspecified atom stereocenters. The van der Waals surface area contributed by atoms with Crippen LogP contribution in [0.25, 0.3) is 10.9 Å². The van der Waals surface area contributed by atoms with Crippen molar-refractivity contribution in [1.29, 1.82) is 0 Å². The van der Waals surface area contributed by atoms with Crippen molar-refractivity contribution in [3.05, 3.63) is 35.5 Å². The van der Waals surface area contributed by atoms with E-state index in [1.807, 2.05) is 0 Å². The average Bonchev–Trinajstić information content (AvgIpc) is 2.18. The molecule has 2 N–H and O–H groups in total. The van der Waals surface area contributed by atoms with Gasteiger partial charge in [-0.1, -0.05) is 12.1 Å². The number of hydrogen-bond donors (Lipinski definition) is 1. The molecule has 0 aliphatic carbocycles. The SMILES string of the molecule is Cc1nc(CN)c2cccc(F)c2n1. The van der Waals surface area contributed by atoms with Gasteiger partial charge in [-0.3, -0.25) is 0 Å². The van der Waals surface area contributed by atoms with E-state index in [0.717, 1.165) is 0 Å². The van der Waals surface area contributed by atoms with Crippen LogP contribution in [-0.4, -0.2) is 9.97 Å². The summed E-state index contributed by atoms with van der Waals surface area (Å²) in [7, 11) is 0. The topological polar surface area (TPSA) is 51.8 Å².